The summed E-state index contributed by atoms with van der Waals surface area (Å²) in [6.07, 6.45) is 1.49. The van der Waals surface area contributed by atoms with Crippen molar-refractivity contribution in [3.8, 4) is 0 Å². The Morgan fingerprint density at radius 3 is 2.87 bits per heavy atom. The second-order valence-corrected chi connectivity index (χ2v) is 8.10. The van der Waals surface area contributed by atoms with Crippen molar-refractivity contribution in [2.24, 2.45) is 0 Å². The van der Waals surface area contributed by atoms with Gasteiger partial charge in [0.1, 0.15) is 6.10 Å². The average molecular weight is 430 g/mol. The number of hydrogen-bond donors (Lipinski definition) is 2. The number of hydrogen-bond acceptors (Lipinski definition) is 8. The van der Waals surface area contributed by atoms with E-state index in [9.17, 15) is 14.4 Å². The Hall–Kier alpha value is -3.21. The van der Waals surface area contributed by atoms with Crippen molar-refractivity contribution in [2.45, 2.75) is 25.9 Å². The maximum atomic E-state index is 12.3. The number of anilines is 3. The summed E-state index contributed by atoms with van der Waals surface area (Å²) in [5, 5.41) is 14.6. The number of carbonyl (C=O) groups is 3. The van der Waals surface area contributed by atoms with Gasteiger partial charge in [0.05, 0.1) is 13.1 Å². The van der Waals surface area contributed by atoms with Gasteiger partial charge in [0.25, 0.3) is 0 Å². The molecular weight excluding hydrogens is 408 g/mol. The fourth-order valence-electron chi connectivity index (χ4n) is 3.62. The highest BCUT2D eigenvalue weighted by Crippen LogP contribution is 2.29. The first kappa shape index (κ1) is 20.1. The van der Waals surface area contributed by atoms with Crippen LogP contribution in [-0.4, -0.2) is 60.9 Å². The van der Waals surface area contributed by atoms with E-state index in [4.69, 9.17) is 4.74 Å². The lowest BCUT2D eigenvalue weighted by Crippen LogP contribution is -2.33. The molecule has 0 bridgehead atoms. The maximum Gasteiger partial charge on any atom is 0.414 e. The summed E-state index contributed by atoms with van der Waals surface area (Å²) in [5.74, 6) is -0.149. The Morgan fingerprint density at radius 2 is 2.10 bits per heavy atom. The molecule has 3 heterocycles. The van der Waals surface area contributed by atoms with Crippen molar-refractivity contribution >= 4 is 45.7 Å². The number of nitrogens with one attached hydrogen (secondary N) is 2. The molecule has 2 aromatic rings. The highest BCUT2D eigenvalue weighted by Gasteiger charge is 2.32. The van der Waals surface area contributed by atoms with Crippen LogP contribution in [0.1, 0.15) is 18.1 Å². The zero-order valence-corrected chi connectivity index (χ0v) is 17.3. The molecule has 30 heavy (non-hydrogen) atoms. The number of carbonyl (C=O) groups excluding carboxylic acids is 3. The molecule has 1 saturated heterocycles. The molecule has 3 amide bonds. The molecule has 11 heteroatoms. The first-order chi connectivity index (χ1) is 14.5. The smallest absolute Gasteiger partial charge is 0.414 e. The van der Waals surface area contributed by atoms with E-state index < -0.39 is 6.09 Å². The van der Waals surface area contributed by atoms with E-state index in [0.717, 1.165) is 36.8 Å². The van der Waals surface area contributed by atoms with Crippen LogP contribution in [0.5, 0.6) is 0 Å². The molecule has 1 aromatic heterocycles. The van der Waals surface area contributed by atoms with Crippen LogP contribution in [0.4, 0.5) is 20.7 Å². The molecule has 0 radical (unpaired) electrons. The lowest BCUT2D eigenvalue weighted by atomic mass is 10.0. The van der Waals surface area contributed by atoms with Gasteiger partial charge in [0.2, 0.25) is 22.6 Å². The molecule has 0 unspecified atom stereocenters. The van der Waals surface area contributed by atoms with Crippen LogP contribution in [0.2, 0.25) is 0 Å². The van der Waals surface area contributed by atoms with E-state index in [1.54, 1.807) is 4.90 Å². The zero-order chi connectivity index (χ0) is 21.1. The zero-order valence-electron chi connectivity index (χ0n) is 16.5. The summed E-state index contributed by atoms with van der Waals surface area (Å²) < 4.78 is 5.36. The molecule has 2 aliphatic rings. The molecule has 0 spiro atoms. The number of aromatic nitrogens is 2. The largest absolute Gasteiger partial charge is 0.442 e. The molecule has 0 saturated carbocycles. The van der Waals surface area contributed by atoms with Gasteiger partial charge < -0.3 is 20.3 Å². The van der Waals surface area contributed by atoms with Crippen LogP contribution >= 0.6 is 11.3 Å². The summed E-state index contributed by atoms with van der Waals surface area (Å²) in [6.45, 7) is 3.71. The van der Waals surface area contributed by atoms with Crippen LogP contribution in [0.15, 0.2) is 18.2 Å². The number of ether oxygens (including phenoxy) is 1. The van der Waals surface area contributed by atoms with E-state index in [0.29, 0.717) is 24.6 Å². The molecule has 10 nitrogen and oxygen atoms in total. The lowest BCUT2D eigenvalue weighted by molar-refractivity contribution is -0.119. The fraction of sp³-hybridized carbons (Fsp3) is 0.421. The van der Waals surface area contributed by atoms with Crippen LogP contribution in [-0.2, 0) is 27.2 Å². The molecule has 4 rings (SSSR count). The monoisotopic (exact) mass is 430 g/mol. The van der Waals surface area contributed by atoms with Gasteiger partial charge in [-0.2, -0.15) is 0 Å². The van der Waals surface area contributed by atoms with Gasteiger partial charge in [0, 0.05) is 25.7 Å². The topological polar surface area (TPSA) is 117 Å². The summed E-state index contributed by atoms with van der Waals surface area (Å²) in [4.78, 5) is 37.7. The highest BCUT2D eigenvalue weighted by molar-refractivity contribution is 7.19. The Bertz CT molecular complexity index is 964. The van der Waals surface area contributed by atoms with E-state index in [2.05, 4.69) is 31.8 Å². The lowest BCUT2D eigenvalue weighted by Gasteiger charge is -2.17. The molecule has 1 fully saturated rings. The van der Waals surface area contributed by atoms with Gasteiger partial charge in [-0.3, -0.25) is 14.5 Å². The molecule has 1 aromatic carbocycles. The number of rotatable bonds is 6. The van der Waals surface area contributed by atoms with Crippen molar-refractivity contribution in [3.05, 3.63) is 29.3 Å². The van der Waals surface area contributed by atoms with Gasteiger partial charge in [-0.05, 0) is 36.1 Å². The summed E-state index contributed by atoms with van der Waals surface area (Å²) in [6, 6.07) is 6.04. The number of amides is 3. The normalized spacial score (nSPS) is 18.4. The minimum absolute atomic E-state index is 0.149. The van der Waals surface area contributed by atoms with Crippen molar-refractivity contribution in [1.29, 1.82) is 0 Å². The third-order valence-electron chi connectivity index (χ3n) is 5.12. The number of cyclic esters (lactones) is 1. The molecule has 2 N–H and O–H groups in total. The summed E-state index contributed by atoms with van der Waals surface area (Å²) in [7, 11) is 0. The van der Waals surface area contributed by atoms with Gasteiger partial charge in [0.15, 0.2) is 0 Å². The van der Waals surface area contributed by atoms with E-state index in [1.807, 2.05) is 12.1 Å². The van der Waals surface area contributed by atoms with Gasteiger partial charge in [-0.25, -0.2) is 4.79 Å². The number of fused-ring (bicyclic) bond motifs is 1. The summed E-state index contributed by atoms with van der Waals surface area (Å²) in [5.41, 5.74) is 3.22. The highest BCUT2D eigenvalue weighted by atomic mass is 32.1. The first-order valence-electron chi connectivity index (χ1n) is 9.66. The molecule has 0 aliphatic carbocycles. The fourth-order valence-corrected chi connectivity index (χ4v) is 4.37. The van der Waals surface area contributed by atoms with Crippen LogP contribution in [0, 0.1) is 0 Å². The Morgan fingerprint density at radius 1 is 1.30 bits per heavy atom. The standard InChI is InChI=1S/C19H22N6O4S/c1-12(27)20-9-16-10-25(19(28)29-16)15-3-2-13-4-6-24(7-5-14(13)8-15)18-23-22-17(30-18)21-11-26/h2-3,8,11,16H,4-7,9-10H2,1H3,(H,20,27)(H,21,22,26)/t16-/m0/s1. The van der Waals surface area contributed by atoms with E-state index in [-0.39, 0.29) is 12.0 Å². The first-order valence-corrected chi connectivity index (χ1v) is 10.5. The van der Waals surface area contributed by atoms with Gasteiger partial charge in [-0.15, -0.1) is 10.2 Å². The molecule has 2 aliphatic heterocycles. The minimum atomic E-state index is -0.399. The van der Waals surface area contributed by atoms with E-state index in [1.165, 1.54) is 29.4 Å². The third kappa shape index (κ3) is 4.35. The Kier molecular flexibility index (Phi) is 5.79. The van der Waals surface area contributed by atoms with Crippen molar-refractivity contribution in [1.82, 2.24) is 15.5 Å². The molecule has 158 valence electrons. The van der Waals surface area contributed by atoms with Gasteiger partial charge >= 0.3 is 6.09 Å². The van der Waals surface area contributed by atoms with Gasteiger partial charge in [-0.1, -0.05) is 17.4 Å². The Balaban J connectivity index is 1.44. The van der Waals surface area contributed by atoms with Crippen LogP contribution in [0.25, 0.3) is 0 Å². The second kappa shape index (κ2) is 8.66. The van der Waals surface area contributed by atoms with Crippen molar-refractivity contribution in [3.63, 3.8) is 0 Å². The number of nitrogens with zero attached hydrogens (tertiary/aromatic N) is 4. The number of benzene rings is 1. The van der Waals surface area contributed by atoms with Crippen LogP contribution < -0.4 is 20.4 Å². The maximum absolute atomic E-state index is 12.3. The average Bonchev–Trinajstić information content (AvgIpc) is 3.27. The summed E-state index contributed by atoms with van der Waals surface area (Å²) >= 11 is 1.34. The SMILES string of the molecule is CC(=O)NC[C@H]1CN(c2ccc3c(c2)CCN(c2nnc(NC=O)s2)CC3)C(=O)O1. The van der Waals surface area contributed by atoms with Crippen molar-refractivity contribution in [2.75, 3.05) is 41.3 Å². The third-order valence-corrected chi connectivity index (χ3v) is 6.04. The molecule has 1 atom stereocenters. The van der Waals surface area contributed by atoms with E-state index >= 15 is 0 Å². The van der Waals surface area contributed by atoms with Crippen molar-refractivity contribution < 1.29 is 19.1 Å². The van der Waals surface area contributed by atoms with Crippen LogP contribution in [0.3, 0.4) is 0 Å². The second-order valence-electron chi connectivity index (χ2n) is 7.15. The predicted octanol–water partition coefficient (Wildman–Crippen LogP) is 1.17. The quantitative estimate of drug-likeness (QED) is 0.661. The minimum Gasteiger partial charge on any atom is -0.442 e. The Labute approximate surface area is 177 Å². The predicted molar refractivity (Wildman–Crippen MR) is 112 cm³/mol. The molecular formula is C19H22N6O4S.